The fourth-order valence-electron chi connectivity index (χ4n) is 1.16. The van der Waals surface area contributed by atoms with E-state index in [0.29, 0.717) is 5.52 Å². The molecule has 0 radical (unpaired) electrons. The van der Waals surface area contributed by atoms with Gasteiger partial charge in [0, 0.05) is 17.3 Å². The highest BCUT2D eigenvalue weighted by atomic mass is 19.1. The van der Waals surface area contributed by atoms with Gasteiger partial charge in [-0.25, -0.2) is 4.98 Å². The number of aromatic amines is 1. The second-order valence-electron chi connectivity index (χ2n) is 2.52. The first-order valence-corrected chi connectivity index (χ1v) is 3.37. The predicted molar refractivity (Wildman–Crippen MR) is 40.8 cm³/mol. The Labute approximate surface area is 63.1 Å². The number of hydrogen-bond donors (Lipinski definition) is 1. The van der Waals surface area contributed by atoms with Crippen molar-refractivity contribution in [1.82, 2.24) is 9.97 Å². The highest BCUT2D eigenvalue weighted by Crippen LogP contribution is 2.15. The summed E-state index contributed by atoms with van der Waals surface area (Å²) in [5, 5.41) is 0.870. The molecule has 0 unspecified atom stereocenters. The van der Waals surface area contributed by atoms with Gasteiger partial charge in [-0.2, -0.15) is 4.39 Å². The molecule has 0 spiro atoms. The first-order chi connectivity index (χ1) is 5.27. The summed E-state index contributed by atoms with van der Waals surface area (Å²) in [6, 6.07) is 3.67. The van der Waals surface area contributed by atoms with Gasteiger partial charge in [0.15, 0.2) is 0 Å². The molecule has 56 valence electrons. The van der Waals surface area contributed by atoms with Crippen LogP contribution in [0.3, 0.4) is 0 Å². The maximum Gasteiger partial charge on any atom is 0.237 e. The smallest absolute Gasteiger partial charge is 0.237 e. The summed E-state index contributed by atoms with van der Waals surface area (Å²) in [5.74, 6) is -0.435. The molecule has 3 heteroatoms. The zero-order chi connectivity index (χ0) is 7.84. The molecule has 0 saturated heterocycles. The van der Waals surface area contributed by atoms with E-state index in [1.807, 2.05) is 13.0 Å². The fraction of sp³-hybridized carbons (Fsp3) is 0.125. The lowest BCUT2D eigenvalue weighted by molar-refractivity contribution is 0.594. The Hall–Kier alpha value is -1.38. The average molecular weight is 150 g/mol. The van der Waals surface area contributed by atoms with Crippen LogP contribution in [0.1, 0.15) is 5.69 Å². The number of hydrogen-bond acceptors (Lipinski definition) is 1. The summed E-state index contributed by atoms with van der Waals surface area (Å²) in [6.45, 7) is 1.89. The van der Waals surface area contributed by atoms with Crippen molar-refractivity contribution in [3.63, 3.8) is 0 Å². The van der Waals surface area contributed by atoms with E-state index < -0.39 is 5.95 Å². The van der Waals surface area contributed by atoms with Gasteiger partial charge in [0.2, 0.25) is 5.95 Å². The predicted octanol–water partition coefficient (Wildman–Crippen LogP) is 2.01. The van der Waals surface area contributed by atoms with Crippen LogP contribution in [0.25, 0.3) is 10.9 Å². The van der Waals surface area contributed by atoms with Gasteiger partial charge in [-0.1, -0.05) is 0 Å². The van der Waals surface area contributed by atoms with E-state index in [1.54, 1.807) is 6.07 Å². The number of halogens is 1. The standard InChI is InChI=1S/C8H7FN2/c1-5-4-6-2-3-10-8(9)7(6)11-5/h2-4,11H,1H3. The van der Waals surface area contributed by atoms with Crippen molar-refractivity contribution in [3.05, 3.63) is 30.0 Å². The third kappa shape index (κ3) is 0.888. The Bertz CT molecular complexity index is 392. The molecule has 0 aliphatic rings. The molecule has 11 heavy (non-hydrogen) atoms. The zero-order valence-electron chi connectivity index (χ0n) is 6.06. The molecular weight excluding hydrogens is 143 g/mol. The van der Waals surface area contributed by atoms with Gasteiger partial charge in [0.1, 0.15) is 5.52 Å². The first kappa shape index (κ1) is 6.34. The van der Waals surface area contributed by atoms with Gasteiger partial charge >= 0.3 is 0 Å². The van der Waals surface area contributed by atoms with Gasteiger partial charge in [0.25, 0.3) is 0 Å². The molecule has 2 aromatic rings. The largest absolute Gasteiger partial charge is 0.355 e. The molecule has 0 amide bonds. The number of aromatic nitrogens is 2. The summed E-state index contributed by atoms with van der Waals surface area (Å²) in [7, 11) is 0. The zero-order valence-corrected chi connectivity index (χ0v) is 6.06. The van der Waals surface area contributed by atoms with E-state index in [9.17, 15) is 4.39 Å². The van der Waals surface area contributed by atoms with Gasteiger partial charge in [0.05, 0.1) is 0 Å². The lowest BCUT2D eigenvalue weighted by Crippen LogP contribution is -1.81. The maximum absolute atomic E-state index is 12.9. The Balaban J connectivity index is 2.90. The lowest BCUT2D eigenvalue weighted by Gasteiger charge is -1.88. The second kappa shape index (κ2) is 2.05. The van der Waals surface area contributed by atoms with E-state index in [1.165, 1.54) is 6.20 Å². The van der Waals surface area contributed by atoms with Gasteiger partial charge in [-0.15, -0.1) is 0 Å². The Morgan fingerprint density at radius 1 is 1.55 bits per heavy atom. The molecule has 2 heterocycles. The summed E-state index contributed by atoms with van der Waals surface area (Å²) >= 11 is 0. The summed E-state index contributed by atoms with van der Waals surface area (Å²) in [5.41, 5.74) is 1.44. The van der Waals surface area contributed by atoms with Crippen LogP contribution < -0.4 is 0 Å². The molecule has 0 fully saturated rings. The Morgan fingerprint density at radius 2 is 2.36 bits per heavy atom. The second-order valence-corrected chi connectivity index (χ2v) is 2.52. The van der Waals surface area contributed by atoms with Gasteiger partial charge in [-0.3, -0.25) is 0 Å². The number of nitrogens with zero attached hydrogens (tertiary/aromatic N) is 1. The van der Waals surface area contributed by atoms with Crippen molar-refractivity contribution >= 4 is 10.9 Å². The average Bonchev–Trinajstić information content (AvgIpc) is 2.31. The molecule has 2 rings (SSSR count). The van der Waals surface area contributed by atoms with Crippen molar-refractivity contribution in [1.29, 1.82) is 0 Å². The molecule has 0 saturated carbocycles. The van der Waals surface area contributed by atoms with Crippen molar-refractivity contribution in [2.45, 2.75) is 6.92 Å². The minimum absolute atomic E-state index is 0.435. The number of nitrogens with one attached hydrogen (secondary N) is 1. The highest BCUT2D eigenvalue weighted by molar-refractivity contribution is 5.79. The lowest BCUT2D eigenvalue weighted by atomic mass is 10.3. The van der Waals surface area contributed by atoms with E-state index in [-0.39, 0.29) is 0 Å². The number of H-pyrrole nitrogens is 1. The number of fused-ring (bicyclic) bond motifs is 1. The molecule has 0 aliphatic heterocycles. The SMILES string of the molecule is Cc1cc2ccnc(F)c2[nH]1. The monoisotopic (exact) mass is 150 g/mol. The van der Waals surface area contributed by atoms with E-state index >= 15 is 0 Å². The summed E-state index contributed by atoms with van der Waals surface area (Å²) in [4.78, 5) is 6.41. The Morgan fingerprint density at radius 3 is 3.09 bits per heavy atom. The number of aryl methyl sites for hydroxylation is 1. The minimum Gasteiger partial charge on any atom is -0.355 e. The van der Waals surface area contributed by atoms with E-state index in [0.717, 1.165) is 11.1 Å². The van der Waals surface area contributed by atoms with Crippen molar-refractivity contribution in [3.8, 4) is 0 Å². The van der Waals surface area contributed by atoms with Crippen LogP contribution in [0.5, 0.6) is 0 Å². The van der Waals surface area contributed by atoms with Gasteiger partial charge < -0.3 is 4.98 Å². The quantitative estimate of drug-likeness (QED) is 0.572. The molecule has 0 aromatic carbocycles. The molecule has 1 N–H and O–H groups in total. The van der Waals surface area contributed by atoms with Gasteiger partial charge in [-0.05, 0) is 19.1 Å². The van der Waals surface area contributed by atoms with Crippen LogP contribution in [0.2, 0.25) is 0 Å². The number of pyridine rings is 1. The topological polar surface area (TPSA) is 28.7 Å². The number of rotatable bonds is 0. The maximum atomic E-state index is 12.9. The molecule has 0 atom stereocenters. The van der Waals surface area contributed by atoms with Crippen LogP contribution >= 0.6 is 0 Å². The third-order valence-electron chi connectivity index (χ3n) is 1.63. The van der Waals surface area contributed by atoms with Crippen LogP contribution in [0.15, 0.2) is 18.3 Å². The van der Waals surface area contributed by atoms with Crippen molar-refractivity contribution in [2.24, 2.45) is 0 Å². The van der Waals surface area contributed by atoms with Crippen LogP contribution in [-0.2, 0) is 0 Å². The molecule has 0 bridgehead atoms. The molecule has 0 aliphatic carbocycles. The van der Waals surface area contributed by atoms with Crippen molar-refractivity contribution < 1.29 is 4.39 Å². The normalized spacial score (nSPS) is 10.7. The summed E-state index contributed by atoms with van der Waals surface area (Å²) < 4.78 is 12.9. The Kier molecular flexibility index (Phi) is 1.18. The third-order valence-corrected chi connectivity index (χ3v) is 1.63. The molecular formula is C8H7FN2. The fourth-order valence-corrected chi connectivity index (χ4v) is 1.16. The van der Waals surface area contributed by atoms with Crippen LogP contribution in [-0.4, -0.2) is 9.97 Å². The summed E-state index contributed by atoms with van der Waals surface area (Å²) in [6.07, 6.45) is 1.46. The van der Waals surface area contributed by atoms with Crippen LogP contribution in [0, 0.1) is 12.9 Å². The van der Waals surface area contributed by atoms with Crippen LogP contribution in [0.4, 0.5) is 4.39 Å². The first-order valence-electron chi connectivity index (χ1n) is 3.37. The van der Waals surface area contributed by atoms with E-state index in [2.05, 4.69) is 9.97 Å². The molecule has 2 nitrogen and oxygen atoms in total. The highest BCUT2D eigenvalue weighted by Gasteiger charge is 2.02. The van der Waals surface area contributed by atoms with E-state index in [4.69, 9.17) is 0 Å². The minimum atomic E-state index is -0.435. The molecule has 2 aromatic heterocycles. The van der Waals surface area contributed by atoms with Crippen molar-refractivity contribution in [2.75, 3.05) is 0 Å².